The van der Waals surface area contributed by atoms with E-state index in [9.17, 15) is 9.90 Å². The van der Waals surface area contributed by atoms with Gasteiger partial charge >= 0.3 is 0 Å². The molecule has 3 unspecified atom stereocenters. The molecule has 0 heterocycles. The van der Waals surface area contributed by atoms with Gasteiger partial charge in [-0.25, -0.2) is 0 Å². The van der Waals surface area contributed by atoms with Crippen LogP contribution in [-0.2, 0) is 4.79 Å². The zero-order chi connectivity index (χ0) is 11.3. The minimum atomic E-state index is -0.161. The van der Waals surface area contributed by atoms with Gasteiger partial charge in [0.1, 0.15) is 0 Å². The molecule has 1 amide bonds. The Kier molecular flexibility index (Phi) is 5.05. The second kappa shape index (κ2) is 6.08. The predicted octanol–water partition coefficient (Wildman–Crippen LogP) is 0.262. The molecule has 0 saturated heterocycles. The summed E-state index contributed by atoms with van der Waals surface area (Å²) in [5, 5.41) is 15.1. The number of carbonyl (C=O) groups excluding carboxylic acids is 1. The maximum atomic E-state index is 11.6. The second-order valence-electron chi connectivity index (χ2n) is 4.35. The first-order valence-corrected chi connectivity index (χ1v) is 5.77. The molecule has 1 aliphatic carbocycles. The Labute approximate surface area is 91.4 Å². The molecule has 4 nitrogen and oxygen atoms in total. The van der Waals surface area contributed by atoms with Crippen molar-refractivity contribution in [3.8, 4) is 0 Å². The summed E-state index contributed by atoms with van der Waals surface area (Å²) in [5.41, 5.74) is 0. The van der Waals surface area contributed by atoms with Crippen molar-refractivity contribution in [3.63, 3.8) is 0 Å². The van der Waals surface area contributed by atoms with Crippen molar-refractivity contribution >= 4 is 5.91 Å². The molecule has 4 heteroatoms. The fourth-order valence-electron chi connectivity index (χ4n) is 2.06. The Bertz CT molecular complexity index is 209. The van der Waals surface area contributed by atoms with E-state index >= 15 is 0 Å². The highest BCUT2D eigenvalue weighted by Crippen LogP contribution is 2.23. The summed E-state index contributed by atoms with van der Waals surface area (Å²) in [6.45, 7) is 2.02. The van der Waals surface area contributed by atoms with Gasteiger partial charge in [-0.2, -0.15) is 0 Å². The third-order valence-electron chi connectivity index (χ3n) is 3.30. The van der Waals surface area contributed by atoms with Crippen molar-refractivity contribution in [1.29, 1.82) is 0 Å². The lowest BCUT2D eigenvalue weighted by Gasteiger charge is -2.31. The minimum Gasteiger partial charge on any atom is -0.396 e. The molecule has 1 aliphatic rings. The quantitative estimate of drug-likeness (QED) is 0.629. The molecule has 0 aromatic carbocycles. The number of hydrogen-bond donors (Lipinski definition) is 3. The number of hydrogen-bond acceptors (Lipinski definition) is 3. The smallest absolute Gasteiger partial charge is 0.237 e. The molecule has 1 saturated carbocycles. The highest BCUT2D eigenvalue weighted by atomic mass is 16.3. The lowest BCUT2D eigenvalue weighted by molar-refractivity contribution is -0.124. The topological polar surface area (TPSA) is 61.4 Å². The molecule has 0 aromatic rings. The van der Waals surface area contributed by atoms with Gasteiger partial charge in [-0.1, -0.05) is 12.8 Å². The van der Waals surface area contributed by atoms with Crippen molar-refractivity contribution in [2.45, 2.75) is 44.7 Å². The van der Waals surface area contributed by atoms with Gasteiger partial charge in [-0.05, 0) is 26.8 Å². The van der Waals surface area contributed by atoms with E-state index in [-0.39, 0.29) is 30.5 Å². The van der Waals surface area contributed by atoms with Crippen molar-refractivity contribution in [3.05, 3.63) is 0 Å². The Morgan fingerprint density at radius 3 is 2.73 bits per heavy atom. The molecule has 3 atom stereocenters. The molecule has 0 spiro atoms. The first kappa shape index (κ1) is 12.5. The number of likely N-dealkylation sites (N-methyl/N-ethyl adjacent to an activating group) is 1. The third-order valence-corrected chi connectivity index (χ3v) is 3.30. The van der Waals surface area contributed by atoms with Crippen LogP contribution in [0, 0.1) is 5.92 Å². The molecule has 0 aliphatic heterocycles. The first-order valence-electron chi connectivity index (χ1n) is 5.77. The van der Waals surface area contributed by atoms with E-state index in [1.165, 1.54) is 6.42 Å². The van der Waals surface area contributed by atoms with Crippen molar-refractivity contribution in [2.75, 3.05) is 13.7 Å². The normalized spacial score (nSPS) is 28.5. The van der Waals surface area contributed by atoms with Gasteiger partial charge < -0.3 is 15.7 Å². The summed E-state index contributed by atoms with van der Waals surface area (Å²) in [6.07, 6.45) is 4.33. The maximum Gasteiger partial charge on any atom is 0.237 e. The van der Waals surface area contributed by atoms with Crippen LogP contribution in [0.4, 0.5) is 0 Å². The van der Waals surface area contributed by atoms with Gasteiger partial charge in [0.15, 0.2) is 0 Å². The summed E-state index contributed by atoms with van der Waals surface area (Å²) in [5.74, 6) is 0.273. The third kappa shape index (κ3) is 3.47. The SMILES string of the molecule is CNC(C)C(=O)NC1CCCCC1CO. The fraction of sp³-hybridized carbons (Fsp3) is 0.909. The van der Waals surface area contributed by atoms with Crippen molar-refractivity contribution in [1.82, 2.24) is 10.6 Å². The zero-order valence-electron chi connectivity index (χ0n) is 9.62. The summed E-state index contributed by atoms with van der Waals surface area (Å²) in [4.78, 5) is 11.6. The number of aliphatic hydroxyl groups excluding tert-OH is 1. The second-order valence-corrected chi connectivity index (χ2v) is 4.35. The Hall–Kier alpha value is -0.610. The van der Waals surface area contributed by atoms with Gasteiger partial charge in [0, 0.05) is 18.6 Å². The molecule has 15 heavy (non-hydrogen) atoms. The van der Waals surface area contributed by atoms with Crippen LogP contribution < -0.4 is 10.6 Å². The van der Waals surface area contributed by atoms with E-state index in [0.717, 1.165) is 19.3 Å². The summed E-state index contributed by atoms with van der Waals surface area (Å²) in [7, 11) is 1.77. The van der Waals surface area contributed by atoms with Crippen LogP contribution in [0.3, 0.4) is 0 Å². The predicted molar refractivity (Wildman–Crippen MR) is 59.5 cm³/mol. The van der Waals surface area contributed by atoms with E-state index in [1.54, 1.807) is 7.05 Å². The van der Waals surface area contributed by atoms with E-state index in [1.807, 2.05) is 6.92 Å². The van der Waals surface area contributed by atoms with Gasteiger partial charge in [0.05, 0.1) is 6.04 Å². The first-order chi connectivity index (χ1) is 7.19. The largest absolute Gasteiger partial charge is 0.396 e. The van der Waals surface area contributed by atoms with Crippen LogP contribution in [0.15, 0.2) is 0 Å². The number of aliphatic hydroxyl groups is 1. The molecular weight excluding hydrogens is 192 g/mol. The minimum absolute atomic E-state index is 0.0304. The Morgan fingerprint density at radius 2 is 2.13 bits per heavy atom. The van der Waals surface area contributed by atoms with E-state index in [2.05, 4.69) is 10.6 Å². The van der Waals surface area contributed by atoms with Gasteiger partial charge in [-0.15, -0.1) is 0 Å². The van der Waals surface area contributed by atoms with Crippen LogP contribution in [0.5, 0.6) is 0 Å². The average molecular weight is 214 g/mol. The highest BCUT2D eigenvalue weighted by Gasteiger charge is 2.26. The number of carbonyl (C=O) groups is 1. The van der Waals surface area contributed by atoms with Crippen molar-refractivity contribution < 1.29 is 9.90 Å². The number of rotatable bonds is 4. The number of nitrogens with one attached hydrogen (secondary N) is 2. The molecule has 1 rings (SSSR count). The van der Waals surface area contributed by atoms with Crippen LogP contribution >= 0.6 is 0 Å². The molecule has 3 N–H and O–H groups in total. The zero-order valence-corrected chi connectivity index (χ0v) is 9.62. The lowest BCUT2D eigenvalue weighted by atomic mass is 9.85. The van der Waals surface area contributed by atoms with Crippen LogP contribution in [-0.4, -0.2) is 36.8 Å². The standard InChI is InChI=1S/C11H22N2O2/c1-8(12-2)11(15)13-10-6-4-3-5-9(10)7-14/h8-10,12,14H,3-7H2,1-2H3,(H,13,15). The van der Waals surface area contributed by atoms with Crippen molar-refractivity contribution in [2.24, 2.45) is 5.92 Å². The Balaban J connectivity index is 2.44. The monoisotopic (exact) mass is 214 g/mol. The van der Waals surface area contributed by atoms with Gasteiger partial charge in [0.25, 0.3) is 0 Å². The van der Waals surface area contributed by atoms with Crippen LogP contribution in [0.1, 0.15) is 32.6 Å². The summed E-state index contributed by atoms with van der Waals surface area (Å²) in [6, 6.07) is -0.00156. The molecule has 0 bridgehead atoms. The molecular formula is C11H22N2O2. The van der Waals surface area contributed by atoms with Gasteiger partial charge in [0.2, 0.25) is 5.91 Å². The van der Waals surface area contributed by atoms with Crippen LogP contribution in [0.25, 0.3) is 0 Å². The molecule has 88 valence electrons. The van der Waals surface area contributed by atoms with E-state index in [0.29, 0.717) is 0 Å². The summed E-state index contributed by atoms with van der Waals surface area (Å²) >= 11 is 0. The average Bonchev–Trinajstić information content (AvgIpc) is 2.28. The summed E-state index contributed by atoms with van der Waals surface area (Å²) < 4.78 is 0. The maximum absolute atomic E-state index is 11.6. The lowest BCUT2D eigenvalue weighted by Crippen LogP contribution is -2.49. The Morgan fingerprint density at radius 1 is 1.47 bits per heavy atom. The van der Waals surface area contributed by atoms with Gasteiger partial charge in [-0.3, -0.25) is 4.79 Å². The molecule has 0 radical (unpaired) electrons. The fourth-order valence-corrected chi connectivity index (χ4v) is 2.06. The van der Waals surface area contributed by atoms with E-state index in [4.69, 9.17) is 0 Å². The molecule has 0 aromatic heterocycles. The van der Waals surface area contributed by atoms with E-state index < -0.39 is 0 Å². The van der Waals surface area contributed by atoms with Crippen LogP contribution in [0.2, 0.25) is 0 Å². The molecule has 1 fully saturated rings. The highest BCUT2D eigenvalue weighted by molar-refractivity contribution is 5.81. The number of amides is 1.